The lowest BCUT2D eigenvalue weighted by molar-refractivity contribution is 0.223. The SMILES string of the molecule is Cc1cc(CNC(CO)CC(C)C)nc(N2CCCCC2)n1. The number of nitrogens with zero attached hydrogens (tertiary/aromatic N) is 3. The lowest BCUT2D eigenvalue weighted by atomic mass is 10.0. The molecular weight excluding hydrogens is 276 g/mol. The Kier molecular flexibility index (Phi) is 6.58. The molecule has 5 nitrogen and oxygen atoms in total. The Balaban J connectivity index is 1.99. The number of hydrogen-bond donors (Lipinski definition) is 2. The summed E-state index contributed by atoms with van der Waals surface area (Å²) in [5.74, 6) is 1.43. The number of aryl methyl sites for hydroxylation is 1. The summed E-state index contributed by atoms with van der Waals surface area (Å²) >= 11 is 0. The van der Waals surface area contributed by atoms with Crippen molar-refractivity contribution in [2.45, 2.75) is 59.0 Å². The van der Waals surface area contributed by atoms with Crippen molar-refractivity contribution in [1.29, 1.82) is 0 Å². The molecule has 124 valence electrons. The number of rotatable bonds is 7. The Morgan fingerprint density at radius 1 is 1.23 bits per heavy atom. The lowest BCUT2D eigenvalue weighted by Gasteiger charge is -2.27. The highest BCUT2D eigenvalue weighted by Gasteiger charge is 2.15. The molecule has 1 aliphatic heterocycles. The average molecular weight is 306 g/mol. The quantitative estimate of drug-likeness (QED) is 0.809. The fraction of sp³-hybridized carbons (Fsp3) is 0.765. The maximum atomic E-state index is 9.46. The van der Waals surface area contributed by atoms with E-state index in [-0.39, 0.29) is 12.6 Å². The number of nitrogens with one attached hydrogen (secondary N) is 1. The summed E-state index contributed by atoms with van der Waals surface area (Å²) in [7, 11) is 0. The zero-order valence-electron chi connectivity index (χ0n) is 14.2. The van der Waals surface area contributed by atoms with Crippen LogP contribution in [0.25, 0.3) is 0 Å². The summed E-state index contributed by atoms with van der Waals surface area (Å²) in [6.07, 6.45) is 4.74. The first kappa shape index (κ1) is 17.2. The molecule has 0 radical (unpaired) electrons. The van der Waals surface area contributed by atoms with E-state index in [1.807, 2.05) is 13.0 Å². The van der Waals surface area contributed by atoms with Gasteiger partial charge in [0.25, 0.3) is 0 Å². The number of aliphatic hydroxyl groups is 1. The van der Waals surface area contributed by atoms with Crippen LogP contribution in [-0.4, -0.2) is 40.8 Å². The predicted octanol–water partition coefficient (Wildman–Crippen LogP) is 2.27. The van der Waals surface area contributed by atoms with Crippen molar-refractivity contribution in [2.24, 2.45) is 5.92 Å². The minimum absolute atomic E-state index is 0.133. The topological polar surface area (TPSA) is 61.3 Å². The first-order valence-corrected chi connectivity index (χ1v) is 8.52. The van der Waals surface area contributed by atoms with Crippen LogP contribution in [0.5, 0.6) is 0 Å². The number of aromatic nitrogens is 2. The summed E-state index contributed by atoms with van der Waals surface area (Å²) in [6, 6.07) is 2.17. The zero-order chi connectivity index (χ0) is 15.9. The van der Waals surface area contributed by atoms with E-state index < -0.39 is 0 Å². The highest BCUT2D eigenvalue weighted by Crippen LogP contribution is 2.16. The van der Waals surface area contributed by atoms with Crippen LogP contribution < -0.4 is 10.2 Å². The summed E-state index contributed by atoms with van der Waals surface area (Å²) < 4.78 is 0. The van der Waals surface area contributed by atoms with Crippen LogP contribution >= 0.6 is 0 Å². The molecule has 0 spiro atoms. The van der Waals surface area contributed by atoms with Crippen molar-refractivity contribution in [3.63, 3.8) is 0 Å². The monoisotopic (exact) mass is 306 g/mol. The van der Waals surface area contributed by atoms with Crippen molar-refractivity contribution in [1.82, 2.24) is 15.3 Å². The normalized spacial score (nSPS) is 17.0. The van der Waals surface area contributed by atoms with Crippen LogP contribution in [0.15, 0.2) is 6.07 Å². The molecule has 1 fully saturated rings. The van der Waals surface area contributed by atoms with E-state index in [1.165, 1.54) is 19.3 Å². The Labute approximate surface area is 134 Å². The van der Waals surface area contributed by atoms with Gasteiger partial charge in [0.2, 0.25) is 5.95 Å². The van der Waals surface area contributed by atoms with Crippen LogP contribution in [0, 0.1) is 12.8 Å². The van der Waals surface area contributed by atoms with Gasteiger partial charge in [0.1, 0.15) is 0 Å². The van der Waals surface area contributed by atoms with Gasteiger partial charge in [0.05, 0.1) is 12.3 Å². The first-order valence-electron chi connectivity index (χ1n) is 8.52. The van der Waals surface area contributed by atoms with Gasteiger partial charge in [0, 0.05) is 31.4 Å². The highest BCUT2D eigenvalue weighted by atomic mass is 16.3. The van der Waals surface area contributed by atoms with Gasteiger partial charge in [-0.1, -0.05) is 13.8 Å². The van der Waals surface area contributed by atoms with Gasteiger partial charge in [-0.2, -0.15) is 0 Å². The lowest BCUT2D eigenvalue weighted by Crippen LogP contribution is -2.34. The van der Waals surface area contributed by atoms with Crippen LogP contribution in [0.4, 0.5) is 5.95 Å². The molecule has 2 rings (SSSR count). The maximum Gasteiger partial charge on any atom is 0.225 e. The predicted molar refractivity (Wildman–Crippen MR) is 90.0 cm³/mol. The summed E-state index contributed by atoms with van der Waals surface area (Å²) in [4.78, 5) is 11.6. The third kappa shape index (κ3) is 5.21. The molecule has 0 aromatic carbocycles. The zero-order valence-corrected chi connectivity index (χ0v) is 14.2. The molecule has 2 N–H and O–H groups in total. The van der Waals surface area contributed by atoms with Crippen LogP contribution in [-0.2, 0) is 6.54 Å². The van der Waals surface area contributed by atoms with Crippen LogP contribution in [0.2, 0.25) is 0 Å². The Morgan fingerprint density at radius 3 is 2.59 bits per heavy atom. The number of piperidine rings is 1. The van der Waals surface area contributed by atoms with E-state index in [1.54, 1.807) is 0 Å². The standard InChI is InChI=1S/C17H30N4O/c1-13(2)9-16(12-22)18-11-15-10-14(3)19-17(20-15)21-7-5-4-6-8-21/h10,13,16,18,22H,4-9,11-12H2,1-3H3. The second kappa shape index (κ2) is 8.44. The second-order valence-corrected chi connectivity index (χ2v) is 6.74. The van der Waals surface area contributed by atoms with E-state index in [9.17, 15) is 5.11 Å². The van der Waals surface area contributed by atoms with Gasteiger partial charge in [-0.05, 0) is 44.6 Å². The highest BCUT2D eigenvalue weighted by molar-refractivity contribution is 5.32. The van der Waals surface area contributed by atoms with Crippen LogP contribution in [0.1, 0.15) is 50.9 Å². The molecular formula is C17H30N4O. The number of aliphatic hydroxyl groups excluding tert-OH is 1. The van der Waals surface area contributed by atoms with E-state index in [2.05, 4.69) is 29.0 Å². The van der Waals surface area contributed by atoms with Crippen molar-refractivity contribution in [3.8, 4) is 0 Å². The summed E-state index contributed by atoms with van der Waals surface area (Å²) in [5, 5.41) is 12.9. The molecule has 1 atom stereocenters. The molecule has 1 unspecified atom stereocenters. The van der Waals surface area contributed by atoms with Crippen molar-refractivity contribution in [3.05, 3.63) is 17.5 Å². The number of hydrogen-bond acceptors (Lipinski definition) is 5. The molecule has 0 bridgehead atoms. The van der Waals surface area contributed by atoms with Crippen LogP contribution in [0.3, 0.4) is 0 Å². The van der Waals surface area contributed by atoms with Gasteiger partial charge >= 0.3 is 0 Å². The molecule has 0 aliphatic carbocycles. The molecule has 0 amide bonds. The van der Waals surface area contributed by atoms with Gasteiger partial charge in [0.15, 0.2) is 0 Å². The largest absolute Gasteiger partial charge is 0.395 e. The maximum absolute atomic E-state index is 9.46. The molecule has 1 saturated heterocycles. The number of anilines is 1. The second-order valence-electron chi connectivity index (χ2n) is 6.74. The Bertz CT molecular complexity index is 458. The van der Waals surface area contributed by atoms with Gasteiger partial charge in [-0.3, -0.25) is 0 Å². The molecule has 1 aliphatic rings. The minimum atomic E-state index is 0.133. The molecule has 1 aromatic rings. The van der Waals surface area contributed by atoms with Crippen molar-refractivity contribution >= 4 is 5.95 Å². The minimum Gasteiger partial charge on any atom is -0.395 e. The van der Waals surface area contributed by atoms with E-state index in [4.69, 9.17) is 4.98 Å². The molecule has 5 heteroatoms. The third-order valence-electron chi connectivity index (χ3n) is 4.08. The molecule has 22 heavy (non-hydrogen) atoms. The van der Waals surface area contributed by atoms with Crippen molar-refractivity contribution < 1.29 is 5.11 Å². The summed E-state index contributed by atoms with van der Waals surface area (Å²) in [6.45, 7) is 9.34. The first-order chi connectivity index (χ1) is 10.6. The third-order valence-corrected chi connectivity index (χ3v) is 4.08. The van der Waals surface area contributed by atoms with E-state index in [0.717, 1.165) is 36.8 Å². The summed E-state index contributed by atoms with van der Waals surface area (Å²) in [5.41, 5.74) is 2.02. The van der Waals surface area contributed by atoms with Gasteiger partial charge in [-0.15, -0.1) is 0 Å². The Morgan fingerprint density at radius 2 is 1.95 bits per heavy atom. The fourth-order valence-corrected chi connectivity index (χ4v) is 2.98. The fourth-order valence-electron chi connectivity index (χ4n) is 2.98. The molecule has 2 heterocycles. The van der Waals surface area contributed by atoms with E-state index in [0.29, 0.717) is 12.5 Å². The smallest absolute Gasteiger partial charge is 0.225 e. The molecule has 1 aromatic heterocycles. The van der Waals surface area contributed by atoms with Crippen molar-refractivity contribution in [2.75, 3.05) is 24.6 Å². The molecule has 0 saturated carbocycles. The van der Waals surface area contributed by atoms with Gasteiger partial charge < -0.3 is 15.3 Å². The average Bonchev–Trinajstić information content (AvgIpc) is 2.51. The Hall–Kier alpha value is -1.20. The van der Waals surface area contributed by atoms with Gasteiger partial charge in [-0.25, -0.2) is 9.97 Å². The van der Waals surface area contributed by atoms with E-state index >= 15 is 0 Å².